The van der Waals surface area contributed by atoms with E-state index in [0.29, 0.717) is 11.3 Å². The predicted molar refractivity (Wildman–Crippen MR) is 123 cm³/mol. The number of ether oxygens (including phenoxy) is 3. The van der Waals surface area contributed by atoms with E-state index in [1.807, 2.05) is 0 Å². The largest absolute Gasteiger partial charge is 0.462 e. The van der Waals surface area contributed by atoms with Crippen molar-refractivity contribution in [2.24, 2.45) is 0 Å². The third kappa shape index (κ3) is 5.17. The molecule has 0 saturated heterocycles. The number of nitro benzene ring substituents is 1. The number of fused-ring (bicyclic) bond motifs is 1. The molecular formula is C25H17NO9. The molecule has 0 unspecified atom stereocenters. The van der Waals surface area contributed by atoms with Crippen LogP contribution in [0.5, 0.6) is 17.2 Å². The van der Waals surface area contributed by atoms with E-state index in [1.165, 1.54) is 66.7 Å². The van der Waals surface area contributed by atoms with E-state index in [-0.39, 0.29) is 40.3 Å². The number of hydrogen-bond acceptors (Lipinski definition) is 9. The molecule has 1 heterocycles. The molecule has 0 N–H and O–H groups in total. The van der Waals surface area contributed by atoms with Gasteiger partial charge in [-0.05, 0) is 55.5 Å². The van der Waals surface area contributed by atoms with Crippen LogP contribution in [-0.4, -0.2) is 23.5 Å². The summed E-state index contributed by atoms with van der Waals surface area (Å²) in [7, 11) is 0. The zero-order valence-corrected chi connectivity index (χ0v) is 18.3. The molecule has 4 rings (SSSR count). The summed E-state index contributed by atoms with van der Waals surface area (Å²) in [6, 6.07) is 15.3. The Labute approximate surface area is 197 Å². The van der Waals surface area contributed by atoms with Crippen molar-refractivity contribution in [1.29, 1.82) is 0 Å². The molecule has 0 radical (unpaired) electrons. The highest BCUT2D eigenvalue weighted by molar-refractivity contribution is 5.92. The maximum atomic E-state index is 12.8. The summed E-state index contributed by atoms with van der Waals surface area (Å²) in [5.74, 6) is -0.829. The van der Waals surface area contributed by atoms with E-state index >= 15 is 0 Å². The van der Waals surface area contributed by atoms with Gasteiger partial charge in [-0.25, -0.2) is 9.59 Å². The number of hydrogen-bond donors (Lipinski definition) is 0. The van der Waals surface area contributed by atoms with Crippen LogP contribution in [0.15, 0.2) is 82.2 Å². The van der Waals surface area contributed by atoms with Gasteiger partial charge in [0.1, 0.15) is 23.3 Å². The Kier molecular flexibility index (Phi) is 6.54. The maximum Gasteiger partial charge on any atom is 0.343 e. The highest BCUT2D eigenvalue weighted by atomic mass is 16.6. The molecule has 10 nitrogen and oxygen atoms in total. The van der Waals surface area contributed by atoms with Crippen LogP contribution in [0, 0.1) is 10.1 Å². The molecular weight excluding hydrogens is 458 g/mol. The third-order valence-corrected chi connectivity index (χ3v) is 4.83. The lowest BCUT2D eigenvalue weighted by atomic mass is 10.2. The number of benzene rings is 3. The van der Waals surface area contributed by atoms with Gasteiger partial charge in [-0.15, -0.1) is 0 Å². The van der Waals surface area contributed by atoms with Crippen LogP contribution in [0.4, 0.5) is 5.69 Å². The summed E-state index contributed by atoms with van der Waals surface area (Å²) in [6.07, 6.45) is 1.13. The standard InChI is InChI=1S/C25H17NO9/c1-2-32-24(28)15-5-9-18(10-6-15)34-22-14-33-21-13-19(11-12-20(21)23(22)27)35-25(29)16-3-7-17(8-4-16)26(30)31/h3-14H,2H2,1H3. The summed E-state index contributed by atoms with van der Waals surface area (Å²) < 4.78 is 21.3. The Morgan fingerprint density at radius 1 is 0.914 bits per heavy atom. The summed E-state index contributed by atoms with van der Waals surface area (Å²) in [5, 5.41) is 10.9. The van der Waals surface area contributed by atoms with Crippen molar-refractivity contribution in [1.82, 2.24) is 0 Å². The Morgan fingerprint density at radius 2 is 1.54 bits per heavy atom. The number of nitro groups is 1. The first kappa shape index (κ1) is 23.2. The normalized spacial score (nSPS) is 10.5. The second-order valence-electron chi connectivity index (χ2n) is 7.13. The molecule has 0 aliphatic rings. The maximum absolute atomic E-state index is 12.8. The number of non-ortho nitro benzene ring substituents is 1. The Hall–Kier alpha value is -4.99. The van der Waals surface area contributed by atoms with Gasteiger partial charge in [0.05, 0.1) is 28.0 Å². The minimum atomic E-state index is -0.729. The van der Waals surface area contributed by atoms with Crippen molar-refractivity contribution in [3.63, 3.8) is 0 Å². The Bertz CT molecular complexity index is 1470. The molecule has 10 heteroatoms. The first-order valence-corrected chi connectivity index (χ1v) is 10.3. The molecule has 3 aromatic carbocycles. The first-order valence-electron chi connectivity index (χ1n) is 10.3. The molecule has 0 spiro atoms. The van der Waals surface area contributed by atoms with E-state index < -0.39 is 22.3 Å². The molecule has 35 heavy (non-hydrogen) atoms. The fourth-order valence-corrected chi connectivity index (χ4v) is 3.11. The lowest BCUT2D eigenvalue weighted by Gasteiger charge is -2.08. The van der Waals surface area contributed by atoms with Crippen LogP contribution >= 0.6 is 0 Å². The van der Waals surface area contributed by atoms with Gasteiger partial charge in [-0.3, -0.25) is 14.9 Å². The highest BCUT2D eigenvalue weighted by Crippen LogP contribution is 2.25. The van der Waals surface area contributed by atoms with E-state index in [0.717, 1.165) is 6.26 Å². The smallest absolute Gasteiger partial charge is 0.343 e. The van der Waals surface area contributed by atoms with Gasteiger partial charge in [0.15, 0.2) is 0 Å². The topological polar surface area (TPSA) is 135 Å². The zero-order valence-electron chi connectivity index (χ0n) is 18.3. The van der Waals surface area contributed by atoms with Crippen LogP contribution in [-0.2, 0) is 4.74 Å². The third-order valence-electron chi connectivity index (χ3n) is 4.83. The number of carbonyl (C=O) groups is 2. The summed E-state index contributed by atoms with van der Waals surface area (Å²) in [5.41, 5.74) is 0.0281. The average Bonchev–Trinajstić information content (AvgIpc) is 2.86. The van der Waals surface area contributed by atoms with Crippen molar-refractivity contribution < 1.29 is 33.1 Å². The highest BCUT2D eigenvalue weighted by Gasteiger charge is 2.15. The molecule has 0 fully saturated rings. The molecule has 0 atom stereocenters. The summed E-state index contributed by atoms with van der Waals surface area (Å²) in [4.78, 5) is 47.0. The minimum absolute atomic E-state index is 0.0722. The van der Waals surface area contributed by atoms with Crippen molar-refractivity contribution in [2.75, 3.05) is 6.61 Å². The fourth-order valence-electron chi connectivity index (χ4n) is 3.11. The molecule has 4 aromatic rings. The van der Waals surface area contributed by atoms with Crippen LogP contribution in [0.1, 0.15) is 27.6 Å². The second kappa shape index (κ2) is 9.87. The molecule has 0 aliphatic carbocycles. The zero-order chi connectivity index (χ0) is 24.9. The lowest BCUT2D eigenvalue weighted by molar-refractivity contribution is -0.384. The predicted octanol–water partition coefficient (Wildman–Crippen LogP) is 4.89. The molecule has 0 aliphatic heterocycles. The van der Waals surface area contributed by atoms with E-state index in [4.69, 9.17) is 18.6 Å². The quantitative estimate of drug-likeness (QED) is 0.158. The first-order chi connectivity index (χ1) is 16.9. The van der Waals surface area contributed by atoms with Crippen molar-refractivity contribution in [3.05, 3.63) is 104 Å². The van der Waals surface area contributed by atoms with E-state index in [9.17, 15) is 24.5 Å². The van der Waals surface area contributed by atoms with Gasteiger partial charge in [0.2, 0.25) is 11.2 Å². The van der Waals surface area contributed by atoms with E-state index in [1.54, 1.807) is 6.92 Å². The summed E-state index contributed by atoms with van der Waals surface area (Å²) >= 11 is 0. The van der Waals surface area contributed by atoms with Crippen molar-refractivity contribution >= 4 is 28.6 Å². The number of esters is 2. The van der Waals surface area contributed by atoms with Crippen LogP contribution in [0.25, 0.3) is 11.0 Å². The minimum Gasteiger partial charge on any atom is -0.462 e. The number of rotatable bonds is 7. The average molecular weight is 475 g/mol. The number of nitrogens with zero attached hydrogens (tertiary/aromatic N) is 1. The van der Waals surface area contributed by atoms with Gasteiger partial charge in [-0.1, -0.05) is 0 Å². The summed E-state index contributed by atoms with van der Waals surface area (Å²) in [6.45, 7) is 1.97. The van der Waals surface area contributed by atoms with E-state index in [2.05, 4.69) is 0 Å². The monoisotopic (exact) mass is 475 g/mol. The van der Waals surface area contributed by atoms with Crippen molar-refractivity contribution in [2.45, 2.75) is 6.92 Å². The van der Waals surface area contributed by atoms with Gasteiger partial charge in [-0.2, -0.15) is 0 Å². The van der Waals surface area contributed by atoms with Crippen LogP contribution in [0.3, 0.4) is 0 Å². The molecule has 1 aromatic heterocycles. The number of carbonyl (C=O) groups excluding carboxylic acids is 2. The Balaban J connectivity index is 1.50. The Morgan fingerprint density at radius 3 is 2.20 bits per heavy atom. The second-order valence-corrected chi connectivity index (χ2v) is 7.13. The van der Waals surface area contributed by atoms with Gasteiger partial charge in [0, 0.05) is 18.2 Å². The molecule has 0 amide bonds. The van der Waals surface area contributed by atoms with Crippen LogP contribution < -0.4 is 14.9 Å². The van der Waals surface area contributed by atoms with Gasteiger partial charge >= 0.3 is 11.9 Å². The van der Waals surface area contributed by atoms with Gasteiger partial charge < -0.3 is 18.6 Å². The molecule has 0 bridgehead atoms. The van der Waals surface area contributed by atoms with Gasteiger partial charge in [0.25, 0.3) is 5.69 Å². The fraction of sp³-hybridized carbons (Fsp3) is 0.0800. The van der Waals surface area contributed by atoms with Crippen molar-refractivity contribution in [3.8, 4) is 17.2 Å². The van der Waals surface area contributed by atoms with Crippen LogP contribution in [0.2, 0.25) is 0 Å². The SMILES string of the molecule is CCOC(=O)c1ccc(Oc2coc3cc(OC(=O)c4ccc([N+](=O)[O-])cc4)ccc3c2=O)cc1. The lowest BCUT2D eigenvalue weighted by Crippen LogP contribution is -2.09. The molecule has 0 saturated carbocycles. The molecule has 176 valence electrons.